The lowest BCUT2D eigenvalue weighted by Gasteiger charge is -2.08. The smallest absolute Gasteiger partial charge is 0.240 e. The molecule has 0 aromatic heterocycles. The fourth-order valence-corrected chi connectivity index (χ4v) is 1.88. The van der Waals surface area contributed by atoms with Crippen LogP contribution in [0.2, 0.25) is 5.02 Å². The number of ether oxygens (including phenoxy) is 1. The van der Waals surface area contributed by atoms with Gasteiger partial charge in [-0.15, -0.1) is 0 Å². The van der Waals surface area contributed by atoms with Crippen molar-refractivity contribution in [2.75, 3.05) is 6.61 Å². The summed E-state index contributed by atoms with van der Waals surface area (Å²) in [6.07, 6.45) is 2.28. The van der Waals surface area contributed by atoms with Crippen LogP contribution in [-0.4, -0.2) is 12.7 Å². The highest BCUT2D eigenvalue weighted by atomic mass is 35.5. The molecule has 0 aliphatic carbocycles. The topological polar surface area (TPSA) is 38.7 Å². The third kappa shape index (κ3) is 3.95. The predicted molar refractivity (Wildman–Crippen MR) is 74.9 cm³/mol. The maximum atomic E-state index is 10.1. The van der Waals surface area contributed by atoms with Crippen molar-refractivity contribution < 1.29 is 9.53 Å². The Balaban J connectivity index is 1.94. The molecule has 0 unspecified atom stereocenters. The van der Waals surface area contributed by atoms with Gasteiger partial charge in [-0.25, -0.2) is 4.79 Å². The molecule has 96 valence electrons. The van der Waals surface area contributed by atoms with E-state index in [4.69, 9.17) is 16.3 Å². The van der Waals surface area contributed by atoms with E-state index in [1.54, 1.807) is 18.2 Å². The van der Waals surface area contributed by atoms with Crippen molar-refractivity contribution in [1.82, 2.24) is 0 Å². The Labute approximate surface area is 116 Å². The molecule has 0 aliphatic heterocycles. The Morgan fingerprint density at radius 3 is 2.63 bits per heavy atom. The number of carbonyl (C=O) groups excluding carboxylic acids is 1. The molecule has 0 bridgehead atoms. The minimum Gasteiger partial charge on any atom is -0.492 e. The Kier molecular flexibility index (Phi) is 4.73. The minimum atomic E-state index is 0.435. The van der Waals surface area contributed by atoms with E-state index in [0.717, 1.165) is 6.42 Å². The monoisotopic (exact) mass is 273 g/mol. The van der Waals surface area contributed by atoms with Gasteiger partial charge in [0.25, 0.3) is 0 Å². The highest BCUT2D eigenvalue weighted by molar-refractivity contribution is 6.32. The van der Waals surface area contributed by atoms with Gasteiger partial charge in [0.1, 0.15) is 5.75 Å². The van der Waals surface area contributed by atoms with Crippen molar-refractivity contribution >= 4 is 23.4 Å². The first-order chi connectivity index (χ1) is 9.29. The van der Waals surface area contributed by atoms with Gasteiger partial charge >= 0.3 is 0 Å². The first-order valence-corrected chi connectivity index (χ1v) is 6.21. The lowest BCUT2D eigenvalue weighted by molar-refractivity contribution is 0.322. The van der Waals surface area contributed by atoms with Gasteiger partial charge in [-0.05, 0) is 23.8 Å². The largest absolute Gasteiger partial charge is 0.492 e. The van der Waals surface area contributed by atoms with E-state index in [1.165, 1.54) is 11.6 Å². The number of benzene rings is 2. The second kappa shape index (κ2) is 6.74. The fourth-order valence-electron chi connectivity index (χ4n) is 1.65. The highest BCUT2D eigenvalue weighted by Gasteiger charge is 2.03. The zero-order valence-corrected chi connectivity index (χ0v) is 10.9. The van der Waals surface area contributed by atoms with E-state index < -0.39 is 0 Å². The molecule has 4 heteroatoms. The van der Waals surface area contributed by atoms with Crippen molar-refractivity contribution in [3.05, 3.63) is 59.1 Å². The molecule has 0 atom stereocenters. The van der Waals surface area contributed by atoms with Crippen LogP contribution in [0.3, 0.4) is 0 Å². The normalized spacial score (nSPS) is 9.74. The predicted octanol–water partition coefficient (Wildman–Crippen LogP) is 3.93. The summed E-state index contributed by atoms with van der Waals surface area (Å²) in [5, 5.41) is 0.435. The van der Waals surface area contributed by atoms with E-state index in [9.17, 15) is 4.79 Å². The van der Waals surface area contributed by atoms with Crippen LogP contribution in [0.25, 0.3) is 0 Å². The molecule has 2 rings (SSSR count). The average Bonchev–Trinajstić information content (AvgIpc) is 2.43. The summed E-state index contributed by atoms with van der Waals surface area (Å²) in [6, 6.07) is 15.0. The summed E-state index contributed by atoms with van der Waals surface area (Å²) in [5.41, 5.74) is 1.68. The van der Waals surface area contributed by atoms with Gasteiger partial charge in [0.05, 0.1) is 17.3 Å². The second-order valence-electron chi connectivity index (χ2n) is 3.90. The number of hydrogen-bond acceptors (Lipinski definition) is 3. The SMILES string of the molecule is O=C=Nc1ccc(OCCc2ccccc2)c(Cl)c1. The molecule has 0 heterocycles. The van der Waals surface area contributed by atoms with Crippen LogP contribution in [0.4, 0.5) is 5.69 Å². The summed E-state index contributed by atoms with van der Waals surface area (Å²) in [6.45, 7) is 0.542. The zero-order valence-electron chi connectivity index (χ0n) is 10.2. The molecule has 2 aromatic carbocycles. The zero-order chi connectivity index (χ0) is 13.5. The molecule has 0 radical (unpaired) electrons. The molecule has 2 aromatic rings. The molecule has 0 saturated carbocycles. The van der Waals surface area contributed by atoms with Crippen molar-refractivity contribution in [2.45, 2.75) is 6.42 Å². The van der Waals surface area contributed by atoms with Crippen molar-refractivity contribution in [1.29, 1.82) is 0 Å². The van der Waals surface area contributed by atoms with Gasteiger partial charge < -0.3 is 4.74 Å². The summed E-state index contributed by atoms with van der Waals surface area (Å²) in [7, 11) is 0. The van der Waals surface area contributed by atoms with Gasteiger partial charge in [0, 0.05) is 6.42 Å². The number of aliphatic imine (C=N–C) groups is 1. The molecule has 0 amide bonds. The van der Waals surface area contributed by atoms with Gasteiger partial charge in [-0.3, -0.25) is 0 Å². The number of halogens is 1. The second-order valence-corrected chi connectivity index (χ2v) is 4.31. The number of isocyanates is 1. The Morgan fingerprint density at radius 2 is 1.95 bits per heavy atom. The minimum absolute atomic E-state index is 0.435. The van der Waals surface area contributed by atoms with Crippen LogP contribution >= 0.6 is 11.6 Å². The average molecular weight is 274 g/mol. The molecular formula is C15H12ClNO2. The van der Waals surface area contributed by atoms with E-state index >= 15 is 0 Å². The summed E-state index contributed by atoms with van der Waals surface area (Å²) < 4.78 is 5.60. The standard InChI is InChI=1S/C15H12ClNO2/c16-14-10-13(17-11-18)6-7-15(14)19-9-8-12-4-2-1-3-5-12/h1-7,10H,8-9H2. The third-order valence-corrected chi connectivity index (χ3v) is 2.88. The summed E-state index contributed by atoms with van der Waals surface area (Å²) >= 11 is 6.03. The Hall–Kier alpha value is -2.09. The molecule has 19 heavy (non-hydrogen) atoms. The highest BCUT2D eigenvalue weighted by Crippen LogP contribution is 2.28. The van der Waals surface area contributed by atoms with Crippen LogP contribution in [0, 0.1) is 0 Å². The van der Waals surface area contributed by atoms with E-state index in [1.807, 2.05) is 30.3 Å². The molecule has 0 N–H and O–H groups in total. The number of nitrogens with zero attached hydrogens (tertiary/aromatic N) is 1. The Morgan fingerprint density at radius 1 is 1.16 bits per heavy atom. The number of hydrogen-bond donors (Lipinski definition) is 0. The van der Waals surface area contributed by atoms with Crippen molar-refractivity contribution in [3.8, 4) is 5.75 Å². The quantitative estimate of drug-likeness (QED) is 0.611. The van der Waals surface area contributed by atoms with Crippen LogP contribution in [0.1, 0.15) is 5.56 Å². The van der Waals surface area contributed by atoms with Crippen molar-refractivity contribution in [2.24, 2.45) is 4.99 Å². The van der Waals surface area contributed by atoms with E-state index in [0.29, 0.717) is 23.1 Å². The maximum Gasteiger partial charge on any atom is 0.240 e. The number of rotatable bonds is 5. The van der Waals surface area contributed by atoms with Crippen LogP contribution in [-0.2, 0) is 11.2 Å². The molecule has 0 aliphatic rings. The molecular weight excluding hydrogens is 262 g/mol. The first-order valence-electron chi connectivity index (χ1n) is 5.84. The van der Waals surface area contributed by atoms with Crippen LogP contribution < -0.4 is 4.74 Å². The first kappa shape index (κ1) is 13.3. The van der Waals surface area contributed by atoms with Crippen molar-refractivity contribution in [3.63, 3.8) is 0 Å². The lowest BCUT2D eigenvalue weighted by Crippen LogP contribution is -2.01. The fraction of sp³-hybridized carbons (Fsp3) is 0.133. The van der Waals surface area contributed by atoms with E-state index in [2.05, 4.69) is 4.99 Å². The van der Waals surface area contributed by atoms with E-state index in [-0.39, 0.29) is 0 Å². The molecule has 0 spiro atoms. The lowest BCUT2D eigenvalue weighted by atomic mass is 10.2. The van der Waals surface area contributed by atoms with Gasteiger partial charge in [-0.2, -0.15) is 4.99 Å². The molecule has 0 fully saturated rings. The third-order valence-electron chi connectivity index (χ3n) is 2.58. The van der Waals surface area contributed by atoms with Crippen LogP contribution in [0.5, 0.6) is 5.75 Å². The van der Waals surface area contributed by atoms with Gasteiger partial charge in [-0.1, -0.05) is 41.9 Å². The molecule has 3 nitrogen and oxygen atoms in total. The maximum absolute atomic E-state index is 10.1. The summed E-state index contributed by atoms with van der Waals surface area (Å²) in [4.78, 5) is 13.6. The molecule has 0 saturated heterocycles. The summed E-state index contributed by atoms with van der Waals surface area (Å²) in [5.74, 6) is 0.586. The van der Waals surface area contributed by atoms with Gasteiger partial charge in [0.2, 0.25) is 6.08 Å². The van der Waals surface area contributed by atoms with Crippen LogP contribution in [0.15, 0.2) is 53.5 Å². The van der Waals surface area contributed by atoms with Gasteiger partial charge in [0.15, 0.2) is 0 Å². The Bertz CT molecular complexity index is 592.